The zero-order chi connectivity index (χ0) is 21.9. The highest BCUT2D eigenvalue weighted by Gasteiger charge is 2.17. The van der Waals surface area contributed by atoms with Gasteiger partial charge in [-0.25, -0.2) is 4.98 Å². The predicted octanol–water partition coefficient (Wildman–Crippen LogP) is 3.43. The Morgan fingerprint density at radius 3 is 2.50 bits per heavy atom. The molecule has 10 heteroatoms. The number of hydrogen-bond donors (Lipinski definition) is 1. The third kappa shape index (κ3) is 4.66. The molecular formula is C22H18N2O6S2. The van der Waals surface area contributed by atoms with Gasteiger partial charge >= 0.3 is 0 Å². The molecule has 0 bridgehead atoms. The lowest BCUT2D eigenvalue weighted by molar-refractivity contribution is -0.120. The number of amides is 1. The first-order valence-electron chi connectivity index (χ1n) is 9.79. The number of rotatable bonds is 8. The van der Waals surface area contributed by atoms with Gasteiger partial charge < -0.3 is 24.3 Å². The number of benzene rings is 2. The molecule has 0 saturated carbocycles. The molecule has 0 saturated heterocycles. The van der Waals surface area contributed by atoms with Crippen molar-refractivity contribution in [3.8, 4) is 23.0 Å². The molecule has 0 radical (unpaired) electrons. The van der Waals surface area contributed by atoms with Crippen LogP contribution in [0.5, 0.6) is 23.0 Å². The lowest BCUT2D eigenvalue weighted by Gasteiger charge is -2.05. The summed E-state index contributed by atoms with van der Waals surface area (Å²) in [6.07, 6.45) is 0.178. The summed E-state index contributed by atoms with van der Waals surface area (Å²) in [5.74, 6) is 2.74. The molecule has 3 heterocycles. The van der Waals surface area contributed by atoms with E-state index in [1.807, 2.05) is 23.6 Å². The van der Waals surface area contributed by atoms with Crippen molar-refractivity contribution in [2.24, 2.45) is 0 Å². The summed E-state index contributed by atoms with van der Waals surface area (Å²) in [6.45, 7) is 0.788. The molecule has 1 aromatic heterocycles. The average molecular weight is 471 g/mol. The van der Waals surface area contributed by atoms with E-state index in [0.717, 1.165) is 9.90 Å². The largest absolute Gasteiger partial charge is 0.454 e. The van der Waals surface area contributed by atoms with Crippen molar-refractivity contribution in [2.75, 3.05) is 19.3 Å². The highest BCUT2D eigenvalue weighted by atomic mass is 32.2. The Labute approximate surface area is 191 Å². The van der Waals surface area contributed by atoms with Crippen molar-refractivity contribution in [3.05, 3.63) is 58.6 Å². The maximum Gasteiger partial charge on any atom is 0.231 e. The molecular weight excluding hydrogens is 452 g/mol. The fourth-order valence-electron chi connectivity index (χ4n) is 3.20. The quantitative estimate of drug-likeness (QED) is 0.395. The maximum atomic E-state index is 12.5. The lowest BCUT2D eigenvalue weighted by atomic mass is 10.1. The third-order valence-electron chi connectivity index (χ3n) is 4.82. The number of Topliss-reactive ketones (excluding diaryl/α,β-unsaturated/α-hetero) is 1. The molecule has 2 aromatic carbocycles. The van der Waals surface area contributed by atoms with Crippen LogP contribution >= 0.6 is 23.1 Å². The molecule has 1 N–H and O–H groups in total. The highest BCUT2D eigenvalue weighted by Crippen LogP contribution is 2.34. The van der Waals surface area contributed by atoms with Crippen LogP contribution in [-0.2, 0) is 17.8 Å². The minimum Gasteiger partial charge on any atom is -0.454 e. The first-order valence-corrected chi connectivity index (χ1v) is 11.7. The Bertz CT molecular complexity index is 1180. The molecule has 5 rings (SSSR count). The summed E-state index contributed by atoms with van der Waals surface area (Å²) in [7, 11) is 0. The van der Waals surface area contributed by atoms with Gasteiger partial charge in [-0.2, -0.15) is 0 Å². The van der Waals surface area contributed by atoms with Gasteiger partial charge in [0.1, 0.15) is 0 Å². The first kappa shape index (κ1) is 20.7. The smallest absolute Gasteiger partial charge is 0.231 e. The number of aromatic nitrogens is 1. The number of fused-ring (bicyclic) bond motifs is 2. The number of ketones is 1. The monoisotopic (exact) mass is 470 g/mol. The van der Waals surface area contributed by atoms with Crippen LogP contribution in [0.4, 0.5) is 0 Å². The molecule has 0 atom stereocenters. The van der Waals surface area contributed by atoms with Gasteiger partial charge in [0.2, 0.25) is 19.5 Å². The van der Waals surface area contributed by atoms with E-state index in [-0.39, 0.29) is 37.4 Å². The van der Waals surface area contributed by atoms with Crippen molar-refractivity contribution in [1.82, 2.24) is 10.3 Å². The van der Waals surface area contributed by atoms with Crippen LogP contribution in [0.25, 0.3) is 0 Å². The topological polar surface area (TPSA) is 96.0 Å². The van der Waals surface area contributed by atoms with Crippen LogP contribution in [0.1, 0.15) is 21.6 Å². The second-order valence-electron chi connectivity index (χ2n) is 7.03. The Morgan fingerprint density at radius 1 is 0.969 bits per heavy atom. The Balaban J connectivity index is 1.10. The summed E-state index contributed by atoms with van der Waals surface area (Å²) in [4.78, 5) is 29.2. The number of thiazole rings is 1. The van der Waals surface area contributed by atoms with Crippen LogP contribution in [0.15, 0.2) is 46.1 Å². The summed E-state index contributed by atoms with van der Waals surface area (Å²) in [5, 5.41) is 4.73. The van der Waals surface area contributed by atoms with Gasteiger partial charge in [-0.3, -0.25) is 9.59 Å². The van der Waals surface area contributed by atoms with Gasteiger partial charge in [-0.05, 0) is 35.9 Å². The van der Waals surface area contributed by atoms with Gasteiger partial charge in [0.15, 0.2) is 33.1 Å². The second kappa shape index (κ2) is 9.09. The molecule has 0 spiro atoms. The molecule has 8 nitrogen and oxygen atoms in total. The molecule has 0 unspecified atom stereocenters. The third-order valence-corrected chi connectivity index (χ3v) is 6.89. The van der Waals surface area contributed by atoms with Crippen LogP contribution in [-0.4, -0.2) is 36.0 Å². The molecule has 3 aromatic rings. The van der Waals surface area contributed by atoms with Crippen LogP contribution in [0, 0.1) is 0 Å². The summed E-state index contributed by atoms with van der Waals surface area (Å²) >= 11 is 2.78. The van der Waals surface area contributed by atoms with Crippen molar-refractivity contribution in [3.63, 3.8) is 0 Å². The Morgan fingerprint density at radius 2 is 1.69 bits per heavy atom. The van der Waals surface area contributed by atoms with Crippen molar-refractivity contribution >= 4 is 34.8 Å². The standard InChI is InChI=1S/C22H18N2O6S2/c25-16(14-2-4-18-20(6-14)30-12-28-18)10-32-22-24-15(9-31-22)7-21(26)23-8-13-1-3-17-19(5-13)29-11-27-17/h1-6,9H,7-8,10-12H2,(H,23,26). The van der Waals surface area contributed by atoms with E-state index in [1.165, 1.54) is 23.1 Å². The fraction of sp³-hybridized carbons (Fsp3) is 0.227. The molecule has 0 aliphatic carbocycles. The van der Waals surface area contributed by atoms with Gasteiger partial charge in [-0.15, -0.1) is 11.3 Å². The van der Waals surface area contributed by atoms with Gasteiger partial charge in [0.25, 0.3) is 0 Å². The second-order valence-corrected chi connectivity index (χ2v) is 9.11. The van der Waals surface area contributed by atoms with E-state index in [9.17, 15) is 9.59 Å². The minimum absolute atomic E-state index is 0.0217. The average Bonchev–Trinajstić information content (AvgIpc) is 3.55. The number of hydrogen-bond acceptors (Lipinski definition) is 9. The first-order chi connectivity index (χ1) is 15.6. The molecule has 32 heavy (non-hydrogen) atoms. The van der Waals surface area contributed by atoms with E-state index in [0.29, 0.717) is 40.8 Å². The van der Waals surface area contributed by atoms with E-state index in [4.69, 9.17) is 18.9 Å². The summed E-state index contributed by atoms with van der Waals surface area (Å²) in [6, 6.07) is 10.7. The van der Waals surface area contributed by atoms with E-state index >= 15 is 0 Å². The predicted molar refractivity (Wildman–Crippen MR) is 118 cm³/mol. The van der Waals surface area contributed by atoms with Crippen LogP contribution < -0.4 is 24.3 Å². The molecule has 1 amide bonds. The van der Waals surface area contributed by atoms with E-state index in [1.54, 1.807) is 18.2 Å². The van der Waals surface area contributed by atoms with Crippen molar-refractivity contribution in [2.45, 2.75) is 17.3 Å². The lowest BCUT2D eigenvalue weighted by Crippen LogP contribution is -2.24. The molecule has 2 aliphatic rings. The Hall–Kier alpha value is -3.24. The zero-order valence-electron chi connectivity index (χ0n) is 16.8. The Kier molecular flexibility index (Phi) is 5.87. The number of carbonyl (C=O) groups excluding carboxylic acids is 2. The normalized spacial score (nSPS) is 13.2. The van der Waals surface area contributed by atoms with E-state index in [2.05, 4.69) is 10.3 Å². The summed E-state index contributed by atoms with van der Waals surface area (Å²) < 4.78 is 22.0. The SMILES string of the molecule is O=C(Cc1csc(SCC(=O)c2ccc3c(c2)OCO3)n1)NCc1ccc2c(c1)OCO2. The molecule has 0 fully saturated rings. The fourth-order valence-corrected chi connectivity index (χ4v) is 4.93. The number of ether oxygens (including phenoxy) is 4. The molecule has 2 aliphatic heterocycles. The zero-order valence-corrected chi connectivity index (χ0v) is 18.4. The number of carbonyl (C=O) groups is 2. The van der Waals surface area contributed by atoms with Crippen molar-refractivity contribution < 1.29 is 28.5 Å². The van der Waals surface area contributed by atoms with Crippen molar-refractivity contribution in [1.29, 1.82) is 0 Å². The van der Waals surface area contributed by atoms with Crippen LogP contribution in [0.3, 0.4) is 0 Å². The highest BCUT2D eigenvalue weighted by molar-refractivity contribution is 8.01. The number of nitrogens with zero attached hydrogens (tertiary/aromatic N) is 1. The maximum absolute atomic E-state index is 12.5. The number of nitrogens with one attached hydrogen (secondary N) is 1. The van der Waals surface area contributed by atoms with E-state index < -0.39 is 0 Å². The minimum atomic E-state index is -0.124. The van der Waals surface area contributed by atoms with Gasteiger partial charge in [-0.1, -0.05) is 17.8 Å². The van der Waals surface area contributed by atoms with Gasteiger partial charge in [0, 0.05) is 17.5 Å². The summed E-state index contributed by atoms with van der Waals surface area (Å²) in [5.41, 5.74) is 2.18. The molecule has 164 valence electrons. The number of thioether (sulfide) groups is 1. The van der Waals surface area contributed by atoms with Gasteiger partial charge in [0.05, 0.1) is 17.9 Å². The van der Waals surface area contributed by atoms with Crippen LogP contribution in [0.2, 0.25) is 0 Å².